The van der Waals surface area contributed by atoms with Crippen molar-refractivity contribution in [3.05, 3.63) is 126 Å². The van der Waals surface area contributed by atoms with E-state index < -0.39 is 0 Å². The highest BCUT2D eigenvalue weighted by atomic mass is 16.2. The van der Waals surface area contributed by atoms with Gasteiger partial charge in [0.25, 0.3) is 5.91 Å². The van der Waals surface area contributed by atoms with E-state index >= 15 is 0 Å². The van der Waals surface area contributed by atoms with Crippen molar-refractivity contribution in [2.24, 2.45) is 5.73 Å². The third-order valence-electron chi connectivity index (χ3n) is 7.18. The number of nitrogens with zero attached hydrogens (tertiary/aromatic N) is 3. The normalized spacial score (nSPS) is 11.2. The SMILES string of the molecule is CC(=O)n1cc(-c2nc3cc(C(=O)NCc4cccc(CN)c4)ccn3c2NCc2ccccc2)c2ccccc21. The molecular weight excluding hydrogens is 512 g/mol. The Kier molecular flexibility index (Phi) is 7.06. The molecule has 0 spiro atoms. The molecule has 0 aliphatic carbocycles. The first kappa shape index (κ1) is 26.0. The van der Waals surface area contributed by atoms with Gasteiger partial charge in [-0.2, -0.15) is 0 Å². The predicted octanol–water partition coefficient (Wildman–Crippen LogP) is 5.62. The van der Waals surface area contributed by atoms with Gasteiger partial charge in [0.1, 0.15) is 17.2 Å². The standard InChI is InChI=1S/C33H30N6O2/c1-22(40)39-21-28(27-12-5-6-13-29(27)39)31-32(35-19-23-8-3-2-4-9-23)38-15-14-26(17-30(38)37-31)33(41)36-20-25-11-7-10-24(16-25)18-34/h2-17,21,35H,18-20,34H2,1H3,(H,36,41). The molecule has 3 aromatic heterocycles. The van der Waals surface area contributed by atoms with Crippen molar-refractivity contribution in [1.82, 2.24) is 19.3 Å². The minimum atomic E-state index is -0.192. The van der Waals surface area contributed by atoms with Gasteiger partial charge in [0.05, 0.1) is 5.52 Å². The Hall–Kier alpha value is -5.21. The van der Waals surface area contributed by atoms with E-state index in [2.05, 4.69) is 22.8 Å². The second-order valence-corrected chi connectivity index (χ2v) is 9.95. The van der Waals surface area contributed by atoms with Gasteiger partial charge in [-0.15, -0.1) is 0 Å². The maximum Gasteiger partial charge on any atom is 0.251 e. The van der Waals surface area contributed by atoms with Gasteiger partial charge in [-0.25, -0.2) is 4.98 Å². The third-order valence-corrected chi connectivity index (χ3v) is 7.18. The van der Waals surface area contributed by atoms with Crippen molar-refractivity contribution in [3.63, 3.8) is 0 Å². The van der Waals surface area contributed by atoms with Crippen LogP contribution in [0.25, 0.3) is 27.8 Å². The summed E-state index contributed by atoms with van der Waals surface area (Å²) in [6, 6.07) is 29.3. The fourth-order valence-corrected chi connectivity index (χ4v) is 5.10. The molecule has 0 aliphatic heterocycles. The molecule has 0 saturated heterocycles. The molecule has 6 rings (SSSR count). The number of anilines is 1. The number of amides is 1. The Morgan fingerprint density at radius 2 is 1.61 bits per heavy atom. The average Bonchev–Trinajstić information content (AvgIpc) is 3.57. The molecular formula is C33H30N6O2. The van der Waals surface area contributed by atoms with Gasteiger partial charge in [0.2, 0.25) is 5.91 Å². The summed E-state index contributed by atoms with van der Waals surface area (Å²) in [6.45, 7) is 2.97. The minimum Gasteiger partial charge on any atom is -0.365 e. The average molecular weight is 543 g/mol. The van der Waals surface area contributed by atoms with Gasteiger partial charge in [-0.05, 0) is 34.9 Å². The predicted molar refractivity (Wildman–Crippen MR) is 162 cm³/mol. The first-order valence-electron chi connectivity index (χ1n) is 13.5. The number of nitrogens with two attached hydrogens (primary N) is 1. The molecule has 8 heteroatoms. The summed E-state index contributed by atoms with van der Waals surface area (Å²) >= 11 is 0. The van der Waals surface area contributed by atoms with Crippen LogP contribution in [0.5, 0.6) is 0 Å². The zero-order valence-electron chi connectivity index (χ0n) is 22.7. The van der Waals surface area contributed by atoms with Crippen molar-refractivity contribution in [2.75, 3.05) is 5.32 Å². The van der Waals surface area contributed by atoms with Crippen LogP contribution in [0.3, 0.4) is 0 Å². The van der Waals surface area contributed by atoms with Crippen LogP contribution in [0.2, 0.25) is 0 Å². The number of carbonyl (C=O) groups is 2. The number of hydrogen-bond acceptors (Lipinski definition) is 5. The summed E-state index contributed by atoms with van der Waals surface area (Å²) in [4.78, 5) is 30.6. The van der Waals surface area contributed by atoms with Crippen molar-refractivity contribution in [3.8, 4) is 11.3 Å². The van der Waals surface area contributed by atoms with Gasteiger partial charge in [0, 0.05) is 55.5 Å². The topological polar surface area (TPSA) is 106 Å². The van der Waals surface area contributed by atoms with Gasteiger partial charge in [0.15, 0.2) is 0 Å². The number of rotatable bonds is 8. The number of aromatic nitrogens is 3. The van der Waals surface area contributed by atoms with Crippen LogP contribution < -0.4 is 16.4 Å². The Balaban J connectivity index is 1.39. The van der Waals surface area contributed by atoms with Crippen LogP contribution in [-0.2, 0) is 19.6 Å². The lowest BCUT2D eigenvalue weighted by Crippen LogP contribution is -2.23. The van der Waals surface area contributed by atoms with Crippen molar-refractivity contribution >= 4 is 34.2 Å². The van der Waals surface area contributed by atoms with Gasteiger partial charge in [-0.1, -0.05) is 72.8 Å². The van der Waals surface area contributed by atoms with Crippen LogP contribution in [0, 0.1) is 0 Å². The molecule has 3 aromatic carbocycles. The zero-order chi connectivity index (χ0) is 28.3. The molecule has 1 amide bonds. The van der Waals surface area contributed by atoms with Crippen LogP contribution in [0.1, 0.15) is 38.8 Å². The minimum absolute atomic E-state index is 0.0778. The van der Waals surface area contributed by atoms with Crippen molar-refractivity contribution in [1.29, 1.82) is 0 Å². The molecule has 41 heavy (non-hydrogen) atoms. The highest BCUT2D eigenvalue weighted by molar-refractivity contribution is 6.03. The first-order valence-corrected chi connectivity index (χ1v) is 13.5. The fourth-order valence-electron chi connectivity index (χ4n) is 5.10. The van der Waals surface area contributed by atoms with E-state index in [1.807, 2.05) is 83.5 Å². The highest BCUT2D eigenvalue weighted by Crippen LogP contribution is 2.36. The fraction of sp³-hybridized carbons (Fsp3) is 0.121. The lowest BCUT2D eigenvalue weighted by atomic mass is 10.1. The van der Waals surface area contributed by atoms with E-state index in [-0.39, 0.29) is 11.8 Å². The molecule has 0 bridgehead atoms. The summed E-state index contributed by atoms with van der Waals surface area (Å²) in [6.07, 6.45) is 3.69. The monoisotopic (exact) mass is 542 g/mol. The van der Waals surface area contributed by atoms with E-state index in [1.165, 1.54) is 0 Å². The lowest BCUT2D eigenvalue weighted by molar-refractivity contribution is 0.0937. The number of nitrogens with one attached hydrogen (secondary N) is 2. The number of hydrogen-bond donors (Lipinski definition) is 3. The summed E-state index contributed by atoms with van der Waals surface area (Å²) in [5.74, 6) is 0.508. The van der Waals surface area contributed by atoms with Crippen LogP contribution >= 0.6 is 0 Å². The maximum absolute atomic E-state index is 13.1. The molecule has 204 valence electrons. The molecule has 3 heterocycles. The van der Waals surface area contributed by atoms with Gasteiger partial charge >= 0.3 is 0 Å². The molecule has 4 N–H and O–H groups in total. The molecule has 0 fully saturated rings. The third kappa shape index (κ3) is 5.20. The second-order valence-electron chi connectivity index (χ2n) is 9.95. The zero-order valence-corrected chi connectivity index (χ0v) is 22.7. The maximum atomic E-state index is 13.1. The summed E-state index contributed by atoms with van der Waals surface area (Å²) < 4.78 is 3.59. The summed E-state index contributed by atoms with van der Waals surface area (Å²) in [5, 5.41) is 7.48. The van der Waals surface area contributed by atoms with Crippen LogP contribution in [0.15, 0.2) is 103 Å². The summed E-state index contributed by atoms with van der Waals surface area (Å²) in [7, 11) is 0. The smallest absolute Gasteiger partial charge is 0.251 e. The number of benzene rings is 3. The molecule has 0 radical (unpaired) electrons. The molecule has 0 unspecified atom stereocenters. The molecule has 0 saturated carbocycles. The van der Waals surface area contributed by atoms with E-state index in [1.54, 1.807) is 23.6 Å². The van der Waals surface area contributed by atoms with Crippen LogP contribution in [0.4, 0.5) is 5.82 Å². The molecule has 0 atom stereocenters. The van der Waals surface area contributed by atoms with E-state index in [0.717, 1.165) is 39.0 Å². The van der Waals surface area contributed by atoms with Gasteiger partial charge in [-0.3, -0.25) is 18.6 Å². The van der Waals surface area contributed by atoms with Crippen molar-refractivity contribution in [2.45, 2.75) is 26.6 Å². The Morgan fingerprint density at radius 1 is 0.854 bits per heavy atom. The Bertz CT molecular complexity index is 1890. The Morgan fingerprint density at radius 3 is 2.41 bits per heavy atom. The Labute approximate surface area is 237 Å². The number of fused-ring (bicyclic) bond motifs is 2. The molecule has 0 aliphatic rings. The van der Waals surface area contributed by atoms with E-state index in [9.17, 15) is 9.59 Å². The number of carbonyl (C=O) groups excluding carboxylic acids is 2. The second kappa shape index (κ2) is 11.1. The number of para-hydroxylation sites is 1. The highest BCUT2D eigenvalue weighted by Gasteiger charge is 2.21. The largest absolute Gasteiger partial charge is 0.365 e. The molecule has 6 aromatic rings. The quantitative estimate of drug-likeness (QED) is 0.232. The first-order chi connectivity index (χ1) is 20.0. The van der Waals surface area contributed by atoms with Crippen LogP contribution in [-0.4, -0.2) is 25.8 Å². The summed E-state index contributed by atoms with van der Waals surface area (Å²) in [5.41, 5.74) is 12.4. The van der Waals surface area contributed by atoms with Gasteiger partial charge < -0.3 is 16.4 Å². The lowest BCUT2D eigenvalue weighted by Gasteiger charge is -2.10. The molecule has 8 nitrogen and oxygen atoms in total. The van der Waals surface area contributed by atoms with E-state index in [0.29, 0.717) is 36.5 Å². The number of pyridine rings is 1. The van der Waals surface area contributed by atoms with E-state index in [4.69, 9.17) is 10.7 Å². The number of imidazole rings is 1. The van der Waals surface area contributed by atoms with Crippen molar-refractivity contribution < 1.29 is 9.59 Å².